The van der Waals surface area contributed by atoms with E-state index in [4.69, 9.17) is 65.7 Å². The molecule has 410 valence electrons. The SMILES string of the molecule is CC(C)(C)C(O)(CCc1ccc(Cl)cc1)Cn1cncn1.CO/N=C(/C(=O)OC)c1ccccc1CO/N=C(\C)c1cccc(C(F)(F)F)c1.CON(C(=O)c1cn(C)nc1C(F)F)C(C)Cc1c(Cl)cc(Cl)cc1Cl. The predicted molar refractivity (Wildman–Crippen MR) is 281 cm³/mol. The van der Waals surface area contributed by atoms with E-state index in [0.717, 1.165) is 33.3 Å². The van der Waals surface area contributed by atoms with E-state index in [0.29, 0.717) is 44.7 Å². The molecule has 4 aromatic carbocycles. The lowest BCUT2D eigenvalue weighted by atomic mass is 9.73. The number of rotatable bonds is 18. The topological polar surface area (TPSA) is 168 Å². The van der Waals surface area contributed by atoms with Gasteiger partial charge in [0.2, 0.25) is 0 Å². The molecule has 0 radical (unpaired) electrons. The maximum absolute atomic E-state index is 13.1. The molecular weight excluding hydrogens is 1090 g/mol. The molecule has 2 unspecified atom stereocenters. The molecule has 0 aliphatic rings. The monoisotopic (exact) mass is 1140 g/mol. The van der Waals surface area contributed by atoms with Crippen LogP contribution in [-0.2, 0) is 63.3 Å². The predicted octanol–water partition coefficient (Wildman–Crippen LogP) is 12.5. The zero-order valence-electron chi connectivity index (χ0n) is 42.9. The molecule has 0 saturated carbocycles. The van der Waals surface area contributed by atoms with Gasteiger partial charge in [0.25, 0.3) is 12.3 Å². The Bertz CT molecular complexity index is 2900. The summed E-state index contributed by atoms with van der Waals surface area (Å²) in [6.45, 7) is 9.74. The number of carbonyl (C=O) groups is 2. The van der Waals surface area contributed by atoms with Gasteiger partial charge in [0, 0.05) is 44.5 Å². The minimum atomic E-state index is -4.44. The van der Waals surface area contributed by atoms with Gasteiger partial charge in [-0.1, -0.05) is 126 Å². The van der Waals surface area contributed by atoms with Crippen LogP contribution in [-0.4, -0.2) is 91.0 Å². The zero-order valence-corrected chi connectivity index (χ0v) is 45.9. The number of aryl methyl sites for hydroxylation is 2. The van der Waals surface area contributed by atoms with Crippen molar-refractivity contribution in [1.29, 1.82) is 0 Å². The number of amides is 1. The molecule has 76 heavy (non-hydrogen) atoms. The summed E-state index contributed by atoms with van der Waals surface area (Å²) < 4.78 is 72.3. The second-order valence-electron chi connectivity index (χ2n) is 17.9. The van der Waals surface area contributed by atoms with Gasteiger partial charge >= 0.3 is 12.1 Å². The first-order valence-corrected chi connectivity index (χ1v) is 24.5. The van der Waals surface area contributed by atoms with Gasteiger partial charge in [-0.25, -0.2) is 23.6 Å². The Morgan fingerprint density at radius 3 is 2.09 bits per heavy atom. The fourth-order valence-corrected chi connectivity index (χ4v) is 8.37. The summed E-state index contributed by atoms with van der Waals surface area (Å²) in [6.07, 6.45) is -1.30. The van der Waals surface area contributed by atoms with Crippen LogP contribution in [0.1, 0.15) is 96.9 Å². The maximum Gasteiger partial charge on any atom is 0.416 e. The molecule has 2 atom stereocenters. The quantitative estimate of drug-likeness (QED) is 0.0378. The van der Waals surface area contributed by atoms with Crippen molar-refractivity contribution in [1.82, 2.24) is 29.6 Å². The number of benzene rings is 4. The van der Waals surface area contributed by atoms with Crippen LogP contribution in [0.3, 0.4) is 0 Å². The van der Waals surface area contributed by atoms with Crippen molar-refractivity contribution in [2.45, 2.75) is 91.3 Å². The van der Waals surface area contributed by atoms with Gasteiger partial charge in [0.15, 0.2) is 5.71 Å². The molecule has 6 rings (SSSR count). The van der Waals surface area contributed by atoms with Crippen LogP contribution >= 0.6 is 46.4 Å². The minimum Gasteiger partial charge on any atom is -0.464 e. The molecule has 2 aromatic heterocycles. The van der Waals surface area contributed by atoms with E-state index in [1.807, 2.05) is 45.0 Å². The van der Waals surface area contributed by atoms with Crippen LogP contribution in [0, 0.1) is 5.41 Å². The largest absolute Gasteiger partial charge is 0.464 e. The van der Waals surface area contributed by atoms with E-state index in [1.165, 1.54) is 77.7 Å². The molecule has 0 bridgehead atoms. The number of methoxy groups -OCH3 is 1. The molecule has 0 saturated heterocycles. The van der Waals surface area contributed by atoms with Crippen LogP contribution in [0.2, 0.25) is 20.1 Å². The molecule has 0 aliphatic heterocycles. The first-order valence-electron chi connectivity index (χ1n) is 23.0. The molecule has 24 heteroatoms. The Hall–Kier alpha value is -6.16. The molecule has 15 nitrogen and oxygen atoms in total. The van der Waals surface area contributed by atoms with Gasteiger partial charge in [-0.05, 0) is 91.6 Å². The van der Waals surface area contributed by atoms with Crippen LogP contribution in [0.15, 0.2) is 114 Å². The molecular formula is C52H57Cl4F5N8O7. The highest BCUT2D eigenvalue weighted by Crippen LogP contribution is 2.36. The minimum absolute atomic E-state index is 0.0484. The van der Waals surface area contributed by atoms with Crippen molar-refractivity contribution in [3.05, 3.63) is 169 Å². The number of carbonyl (C=O) groups excluding carboxylic acids is 2. The molecule has 2 heterocycles. The lowest BCUT2D eigenvalue weighted by Gasteiger charge is -2.40. The fourth-order valence-electron chi connectivity index (χ4n) is 7.27. The molecule has 0 aliphatic carbocycles. The Morgan fingerprint density at radius 2 is 1.53 bits per heavy atom. The van der Waals surface area contributed by atoms with Gasteiger partial charge in [-0.15, -0.1) is 0 Å². The van der Waals surface area contributed by atoms with Gasteiger partial charge in [0.1, 0.15) is 32.1 Å². The highest BCUT2D eigenvalue weighted by atomic mass is 35.5. The van der Waals surface area contributed by atoms with E-state index in [1.54, 1.807) is 42.2 Å². The summed E-state index contributed by atoms with van der Waals surface area (Å²) in [4.78, 5) is 43.7. The van der Waals surface area contributed by atoms with Crippen LogP contribution < -0.4 is 0 Å². The van der Waals surface area contributed by atoms with Crippen molar-refractivity contribution in [2.75, 3.05) is 21.3 Å². The number of halogens is 9. The molecule has 6 aromatic rings. The highest BCUT2D eigenvalue weighted by molar-refractivity contribution is 6.43. The lowest BCUT2D eigenvalue weighted by Crippen LogP contribution is -2.47. The van der Waals surface area contributed by atoms with Gasteiger partial charge in [-0.3, -0.25) is 19.0 Å². The maximum atomic E-state index is 13.1. The van der Waals surface area contributed by atoms with Gasteiger partial charge in [-0.2, -0.15) is 23.4 Å². The Balaban J connectivity index is 0.000000249. The summed E-state index contributed by atoms with van der Waals surface area (Å²) in [6, 6.07) is 21.8. The summed E-state index contributed by atoms with van der Waals surface area (Å²) in [7, 11) is 5.24. The first kappa shape index (κ1) is 62.4. The molecule has 0 spiro atoms. The van der Waals surface area contributed by atoms with Crippen molar-refractivity contribution in [3.63, 3.8) is 0 Å². The number of alkyl halides is 5. The molecule has 0 fully saturated rings. The average molecular weight is 1140 g/mol. The first-order chi connectivity index (χ1) is 35.7. The van der Waals surface area contributed by atoms with Gasteiger partial charge in [0.05, 0.1) is 49.2 Å². The number of hydroxylamine groups is 2. The second kappa shape index (κ2) is 28.3. The van der Waals surface area contributed by atoms with E-state index in [9.17, 15) is 36.6 Å². The third kappa shape index (κ3) is 17.7. The lowest BCUT2D eigenvalue weighted by molar-refractivity contribution is -0.137. The number of aliphatic hydroxyl groups is 1. The van der Waals surface area contributed by atoms with Crippen molar-refractivity contribution in [3.8, 4) is 0 Å². The van der Waals surface area contributed by atoms with Gasteiger partial charge < -0.3 is 19.5 Å². The van der Waals surface area contributed by atoms with E-state index in [2.05, 4.69) is 25.5 Å². The van der Waals surface area contributed by atoms with Crippen LogP contribution in [0.4, 0.5) is 22.0 Å². The Labute approximate surface area is 457 Å². The summed E-state index contributed by atoms with van der Waals surface area (Å²) in [5.41, 5.74) is 0.506. The number of esters is 1. The molecule has 1 amide bonds. The number of hydrogen-bond donors (Lipinski definition) is 1. The zero-order chi connectivity index (χ0) is 56.5. The summed E-state index contributed by atoms with van der Waals surface area (Å²) in [5, 5.41) is 29.2. The second-order valence-corrected chi connectivity index (χ2v) is 19.6. The van der Waals surface area contributed by atoms with E-state index >= 15 is 0 Å². The number of aromatic nitrogens is 5. The molecule has 1 N–H and O–H groups in total. The third-order valence-electron chi connectivity index (χ3n) is 11.6. The Morgan fingerprint density at radius 1 is 0.868 bits per heavy atom. The average Bonchev–Trinajstić information content (AvgIpc) is 4.03. The number of hydrogen-bond acceptors (Lipinski definition) is 12. The fraction of sp³-hybridized carbons (Fsp3) is 0.365. The third-order valence-corrected chi connectivity index (χ3v) is 12.7. The van der Waals surface area contributed by atoms with Crippen molar-refractivity contribution >= 4 is 69.7 Å². The summed E-state index contributed by atoms with van der Waals surface area (Å²) in [5.74, 6) is -1.42. The highest BCUT2D eigenvalue weighted by Gasteiger charge is 2.40. The van der Waals surface area contributed by atoms with Crippen LogP contribution in [0.25, 0.3) is 0 Å². The van der Waals surface area contributed by atoms with Crippen LogP contribution in [0.5, 0.6) is 0 Å². The smallest absolute Gasteiger partial charge is 0.416 e. The standard InChI is InChI=1S/C20H19F3N2O4.C16H16Cl3F2N3O2.C16H22ClN3O/c1-13(14-8-6-9-16(11-14)20(21,22)23)24-29-12-15-7-4-5-10-17(15)18(25-28-3)19(26)27-2;1-8(4-10-12(18)5-9(17)6-13(10)19)24(26-3)16(25)11-7-23(2)22-14(11)15(20)21;1-15(2,3)16(21,10-20-12-18-11-19-20)9-8-13-4-6-14(17)7-5-13/h4-11H,12H2,1-3H3;5-8,15H,4H2,1-3H3;4-7,11-12,21H,8-10H2,1-3H3/b24-13+,25-18+;;. The number of ether oxygens (including phenoxy) is 1. The van der Waals surface area contributed by atoms with E-state index in [-0.39, 0.29) is 41.0 Å². The number of oxime groups is 2. The normalized spacial score (nSPS) is 13.2. The summed E-state index contributed by atoms with van der Waals surface area (Å²) >= 11 is 24.1. The Kier molecular flexibility index (Phi) is 23.2. The van der Waals surface area contributed by atoms with Crippen molar-refractivity contribution in [2.24, 2.45) is 22.8 Å². The number of nitrogens with zero attached hydrogens (tertiary/aromatic N) is 8. The van der Waals surface area contributed by atoms with E-state index < -0.39 is 47.4 Å². The van der Waals surface area contributed by atoms with Crippen molar-refractivity contribution < 1.29 is 55.9 Å².